The maximum atomic E-state index is 12.1. The van der Waals surface area contributed by atoms with Crippen LogP contribution in [0.25, 0.3) is 0 Å². The Kier molecular flexibility index (Phi) is 3.01. The van der Waals surface area contributed by atoms with Gasteiger partial charge in [-0.2, -0.15) is 0 Å². The Morgan fingerprint density at radius 3 is 2.72 bits per heavy atom. The summed E-state index contributed by atoms with van der Waals surface area (Å²) in [5.74, 6) is -0.529. The van der Waals surface area contributed by atoms with Crippen molar-refractivity contribution >= 4 is 12.1 Å². The second kappa shape index (κ2) is 4.12. The average molecular weight is 257 g/mol. The minimum atomic E-state index is -1.12. The van der Waals surface area contributed by atoms with Crippen LogP contribution in [0.2, 0.25) is 0 Å². The minimum Gasteiger partial charge on any atom is -0.444 e. The number of likely N-dealkylation sites (tertiary alicyclic amines) is 1. The van der Waals surface area contributed by atoms with E-state index in [2.05, 4.69) is 0 Å². The van der Waals surface area contributed by atoms with E-state index in [-0.39, 0.29) is 6.42 Å². The Balaban J connectivity index is 2.18. The van der Waals surface area contributed by atoms with Crippen LogP contribution in [-0.4, -0.2) is 46.0 Å². The highest BCUT2D eigenvalue weighted by molar-refractivity contribution is 5.88. The fourth-order valence-corrected chi connectivity index (χ4v) is 2.53. The molecule has 1 amide bonds. The highest BCUT2D eigenvalue weighted by Crippen LogP contribution is 2.40. The number of aliphatic hydroxyl groups is 1. The number of ether oxygens (including phenoxy) is 2. The first-order valence-electron chi connectivity index (χ1n) is 6.14. The monoisotopic (exact) mass is 257 g/mol. The molecule has 2 saturated heterocycles. The van der Waals surface area contributed by atoms with E-state index < -0.39 is 29.5 Å². The number of cyclic esters (lactones) is 1. The van der Waals surface area contributed by atoms with Crippen LogP contribution in [0, 0.1) is 0 Å². The average Bonchev–Trinajstić information content (AvgIpc) is 2.70. The van der Waals surface area contributed by atoms with Crippen molar-refractivity contribution in [3.8, 4) is 0 Å². The molecular weight excluding hydrogens is 238 g/mol. The lowest BCUT2D eigenvalue weighted by molar-refractivity contribution is -0.158. The fraction of sp³-hybridized carbons (Fsp3) is 0.833. The van der Waals surface area contributed by atoms with E-state index in [1.54, 1.807) is 20.8 Å². The highest BCUT2D eigenvalue weighted by Gasteiger charge is 2.57. The van der Waals surface area contributed by atoms with Crippen molar-refractivity contribution in [3.63, 3.8) is 0 Å². The van der Waals surface area contributed by atoms with Gasteiger partial charge in [0, 0.05) is 13.0 Å². The van der Waals surface area contributed by atoms with Gasteiger partial charge < -0.3 is 14.6 Å². The van der Waals surface area contributed by atoms with E-state index in [1.165, 1.54) is 4.90 Å². The maximum absolute atomic E-state index is 12.1. The van der Waals surface area contributed by atoms with Crippen LogP contribution in [0.4, 0.5) is 4.79 Å². The van der Waals surface area contributed by atoms with Crippen LogP contribution in [0.1, 0.15) is 40.0 Å². The van der Waals surface area contributed by atoms with Crippen molar-refractivity contribution in [2.75, 3.05) is 6.54 Å². The number of esters is 1. The molecule has 0 saturated carbocycles. The van der Waals surface area contributed by atoms with Crippen LogP contribution >= 0.6 is 0 Å². The summed E-state index contributed by atoms with van der Waals surface area (Å²) in [6, 6.07) is 0. The molecule has 2 aliphatic heterocycles. The molecule has 0 aromatic rings. The van der Waals surface area contributed by atoms with Gasteiger partial charge in [0.25, 0.3) is 0 Å². The lowest BCUT2D eigenvalue weighted by Crippen LogP contribution is -2.52. The smallest absolute Gasteiger partial charge is 0.411 e. The Hall–Kier alpha value is -1.30. The van der Waals surface area contributed by atoms with Crippen LogP contribution < -0.4 is 0 Å². The SMILES string of the molecule is CC(C)(C)OC(=O)N1CCC[C@@]12CC(O)OC2=O. The molecule has 102 valence electrons. The topological polar surface area (TPSA) is 76.1 Å². The van der Waals surface area contributed by atoms with Crippen molar-refractivity contribution in [3.05, 3.63) is 0 Å². The molecule has 0 aliphatic carbocycles. The molecule has 2 aliphatic rings. The van der Waals surface area contributed by atoms with Crippen molar-refractivity contribution in [2.45, 2.75) is 57.5 Å². The van der Waals surface area contributed by atoms with Crippen molar-refractivity contribution < 1.29 is 24.2 Å². The number of nitrogens with zero attached hydrogens (tertiary/aromatic N) is 1. The van der Waals surface area contributed by atoms with Crippen LogP contribution in [0.15, 0.2) is 0 Å². The van der Waals surface area contributed by atoms with Gasteiger partial charge in [0.15, 0.2) is 0 Å². The number of rotatable bonds is 0. The zero-order valence-corrected chi connectivity index (χ0v) is 10.9. The van der Waals surface area contributed by atoms with Crippen LogP contribution in [0.5, 0.6) is 0 Å². The predicted molar refractivity (Wildman–Crippen MR) is 61.6 cm³/mol. The highest BCUT2D eigenvalue weighted by atomic mass is 16.6. The first-order valence-corrected chi connectivity index (χ1v) is 6.14. The first-order chi connectivity index (χ1) is 8.24. The van der Waals surface area contributed by atoms with Gasteiger partial charge in [-0.15, -0.1) is 0 Å². The molecule has 6 heteroatoms. The summed E-state index contributed by atoms with van der Waals surface area (Å²) in [6.07, 6.45) is -0.291. The molecule has 2 rings (SSSR count). The van der Waals surface area contributed by atoms with Crippen molar-refractivity contribution in [1.29, 1.82) is 0 Å². The molecule has 18 heavy (non-hydrogen) atoms. The zero-order chi connectivity index (χ0) is 13.6. The first kappa shape index (κ1) is 13.1. The Bertz CT molecular complexity index is 375. The van der Waals surface area contributed by atoms with Gasteiger partial charge in [-0.05, 0) is 33.6 Å². The van der Waals surface area contributed by atoms with Gasteiger partial charge in [-0.25, -0.2) is 9.59 Å². The number of amides is 1. The van der Waals surface area contributed by atoms with E-state index in [9.17, 15) is 14.7 Å². The molecule has 2 heterocycles. The summed E-state index contributed by atoms with van der Waals surface area (Å²) in [5, 5.41) is 9.44. The lowest BCUT2D eigenvalue weighted by Gasteiger charge is -2.32. The van der Waals surface area contributed by atoms with Gasteiger partial charge in [0.1, 0.15) is 11.1 Å². The molecular formula is C12H19NO5. The molecule has 0 radical (unpaired) electrons. The van der Waals surface area contributed by atoms with E-state index in [4.69, 9.17) is 9.47 Å². The third-order valence-electron chi connectivity index (χ3n) is 3.24. The number of carbonyl (C=O) groups excluding carboxylic acids is 2. The van der Waals surface area contributed by atoms with Gasteiger partial charge in [0.05, 0.1) is 0 Å². The molecule has 1 spiro atoms. The van der Waals surface area contributed by atoms with Crippen LogP contribution in [0.3, 0.4) is 0 Å². The maximum Gasteiger partial charge on any atom is 0.411 e. The molecule has 2 atom stereocenters. The Morgan fingerprint density at radius 2 is 2.22 bits per heavy atom. The van der Waals surface area contributed by atoms with Crippen LogP contribution in [-0.2, 0) is 14.3 Å². The summed E-state index contributed by atoms with van der Waals surface area (Å²) in [5.41, 5.74) is -1.64. The second-order valence-corrected chi connectivity index (χ2v) is 5.83. The molecule has 6 nitrogen and oxygen atoms in total. The molecule has 1 N–H and O–H groups in total. The third kappa shape index (κ3) is 2.16. The van der Waals surface area contributed by atoms with Gasteiger partial charge in [-0.1, -0.05) is 0 Å². The summed E-state index contributed by atoms with van der Waals surface area (Å²) < 4.78 is 10.1. The van der Waals surface area contributed by atoms with Gasteiger partial charge >= 0.3 is 12.1 Å². The third-order valence-corrected chi connectivity index (χ3v) is 3.24. The van der Waals surface area contributed by atoms with Crippen molar-refractivity contribution in [2.24, 2.45) is 0 Å². The second-order valence-electron chi connectivity index (χ2n) is 5.83. The molecule has 1 unspecified atom stereocenters. The van der Waals surface area contributed by atoms with E-state index in [0.29, 0.717) is 19.4 Å². The van der Waals surface area contributed by atoms with Gasteiger partial charge in [0.2, 0.25) is 6.29 Å². The quantitative estimate of drug-likeness (QED) is 0.656. The minimum absolute atomic E-state index is 0.130. The number of carbonyl (C=O) groups is 2. The predicted octanol–water partition coefficient (Wildman–Crippen LogP) is 1.02. The number of hydrogen-bond donors (Lipinski definition) is 1. The Morgan fingerprint density at radius 1 is 1.56 bits per heavy atom. The molecule has 0 aromatic carbocycles. The molecule has 2 fully saturated rings. The van der Waals surface area contributed by atoms with Gasteiger partial charge in [-0.3, -0.25) is 4.90 Å². The molecule has 0 aromatic heterocycles. The van der Waals surface area contributed by atoms with E-state index in [1.807, 2.05) is 0 Å². The normalized spacial score (nSPS) is 31.9. The zero-order valence-electron chi connectivity index (χ0n) is 10.9. The largest absolute Gasteiger partial charge is 0.444 e. The van der Waals surface area contributed by atoms with E-state index in [0.717, 1.165) is 0 Å². The lowest BCUT2D eigenvalue weighted by atomic mass is 9.94. The Labute approximate surface area is 106 Å². The van der Waals surface area contributed by atoms with Crippen molar-refractivity contribution in [1.82, 2.24) is 4.90 Å². The molecule has 0 bridgehead atoms. The number of hydrogen-bond acceptors (Lipinski definition) is 5. The van der Waals surface area contributed by atoms with E-state index >= 15 is 0 Å². The summed E-state index contributed by atoms with van der Waals surface area (Å²) >= 11 is 0. The standard InChI is InChI=1S/C12H19NO5/c1-11(2,3)18-10(16)13-6-4-5-12(13)7-8(14)17-9(12)15/h8,14H,4-7H2,1-3H3/t8?,12-/m0/s1. The number of aliphatic hydroxyl groups excluding tert-OH is 1. The summed E-state index contributed by atoms with van der Waals surface area (Å²) in [6.45, 7) is 5.77. The summed E-state index contributed by atoms with van der Waals surface area (Å²) in [4.78, 5) is 25.3. The fourth-order valence-electron chi connectivity index (χ4n) is 2.53. The summed E-state index contributed by atoms with van der Waals surface area (Å²) in [7, 11) is 0.